The normalized spacial score (nSPS) is 10.4. The Kier molecular flexibility index (Phi) is 6.55. The van der Waals surface area contributed by atoms with Crippen molar-refractivity contribution in [1.82, 2.24) is 4.90 Å². The molecule has 3 aromatic rings. The van der Waals surface area contributed by atoms with Crippen LogP contribution in [0.2, 0.25) is 0 Å². The maximum Gasteiger partial charge on any atom is 0.174 e. The van der Waals surface area contributed by atoms with Crippen molar-refractivity contribution in [3.8, 4) is 0 Å². The number of anilines is 1. The Hall–Kier alpha value is -2.72. The molecule has 0 spiro atoms. The molecule has 0 fully saturated rings. The van der Waals surface area contributed by atoms with E-state index in [0.717, 1.165) is 23.2 Å². The molecule has 1 N–H and O–H groups in total. The van der Waals surface area contributed by atoms with E-state index < -0.39 is 0 Å². The first-order valence-corrected chi connectivity index (χ1v) is 9.48. The lowest BCUT2D eigenvalue weighted by atomic mass is 10.1. The van der Waals surface area contributed by atoms with E-state index in [1.165, 1.54) is 11.6 Å². The van der Waals surface area contributed by atoms with E-state index >= 15 is 0 Å². The molecule has 0 saturated carbocycles. The third-order valence-electron chi connectivity index (χ3n) is 4.41. The molecular weight excluding hydrogens is 355 g/mol. The molecule has 0 aliphatic rings. The molecule has 138 valence electrons. The third kappa shape index (κ3) is 5.38. The molecule has 0 aliphatic carbocycles. The second-order valence-electron chi connectivity index (χ2n) is 6.41. The summed E-state index contributed by atoms with van der Waals surface area (Å²) < 4.78 is 13.6. The molecule has 3 aromatic carbocycles. The summed E-state index contributed by atoms with van der Waals surface area (Å²) in [5.74, 6) is -0.234. The first kappa shape index (κ1) is 19.1. The fraction of sp³-hybridized carbons (Fsp3) is 0.174. The van der Waals surface area contributed by atoms with Gasteiger partial charge in [-0.2, -0.15) is 0 Å². The predicted octanol–water partition coefficient (Wildman–Crippen LogP) is 5.79. The lowest BCUT2D eigenvalue weighted by Gasteiger charge is -2.27. The third-order valence-corrected chi connectivity index (χ3v) is 4.77. The van der Waals surface area contributed by atoms with Crippen molar-refractivity contribution in [2.24, 2.45) is 0 Å². The van der Waals surface area contributed by atoms with Crippen molar-refractivity contribution in [2.75, 3.05) is 5.32 Å². The van der Waals surface area contributed by atoms with Crippen LogP contribution in [0.15, 0.2) is 78.9 Å². The highest BCUT2D eigenvalue weighted by Crippen LogP contribution is 2.18. The topological polar surface area (TPSA) is 15.3 Å². The minimum atomic E-state index is -0.234. The van der Waals surface area contributed by atoms with Crippen molar-refractivity contribution in [2.45, 2.75) is 26.4 Å². The van der Waals surface area contributed by atoms with E-state index in [9.17, 15) is 4.39 Å². The lowest BCUT2D eigenvalue weighted by molar-refractivity contribution is 0.411. The van der Waals surface area contributed by atoms with Crippen LogP contribution in [-0.4, -0.2) is 10.0 Å². The molecule has 2 nitrogen and oxygen atoms in total. The van der Waals surface area contributed by atoms with E-state index in [-0.39, 0.29) is 5.82 Å². The van der Waals surface area contributed by atoms with Gasteiger partial charge in [0.05, 0.1) is 0 Å². The smallest absolute Gasteiger partial charge is 0.174 e. The molecule has 0 aromatic heterocycles. The van der Waals surface area contributed by atoms with Gasteiger partial charge in [0.1, 0.15) is 5.82 Å². The summed E-state index contributed by atoms with van der Waals surface area (Å²) in [6.07, 6.45) is 0.925. The first-order valence-electron chi connectivity index (χ1n) is 9.08. The number of hydrogen-bond acceptors (Lipinski definition) is 1. The van der Waals surface area contributed by atoms with Gasteiger partial charge in [-0.3, -0.25) is 0 Å². The highest BCUT2D eigenvalue weighted by atomic mass is 32.1. The molecule has 0 aliphatic heterocycles. The van der Waals surface area contributed by atoms with Crippen LogP contribution in [0.3, 0.4) is 0 Å². The van der Waals surface area contributed by atoms with Crippen LogP contribution >= 0.6 is 12.2 Å². The van der Waals surface area contributed by atoms with Crippen LogP contribution < -0.4 is 5.32 Å². The van der Waals surface area contributed by atoms with E-state index in [1.54, 1.807) is 12.1 Å². The van der Waals surface area contributed by atoms with Crippen molar-refractivity contribution in [3.63, 3.8) is 0 Å². The summed E-state index contributed by atoms with van der Waals surface area (Å²) in [5.41, 5.74) is 4.27. The Morgan fingerprint density at radius 1 is 0.889 bits per heavy atom. The van der Waals surface area contributed by atoms with Gasteiger partial charge in [0.2, 0.25) is 0 Å². The molecule has 0 atom stereocenters. The number of benzene rings is 3. The molecular formula is C23H23FN2S. The standard InChI is InChI=1S/C23H23FN2S/c1-2-20-12-6-7-14-22(20)25-23(27)26(16-18-9-4-3-5-10-18)17-19-11-8-13-21(24)15-19/h3-15H,2,16-17H2,1H3,(H,25,27). The Morgan fingerprint density at radius 3 is 2.30 bits per heavy atom. The zero-order chi connectivity index (χ0) is 19.1. The van der Waals surface area contributed by atoms with Crippen molar-refractivity contribution in [1.29, 1.82) is 0 Å². The van der Waals surface area contributed by atoms with E-state index in [0.29, 0.717) is 18.2 Å². The Bertz CT molecular complexity index is 896. The van der Waals surface area contributed by atoms with Gasteiger partial charge in [-0.25, -0.2) is 4.39 Å². The number of rotatable bonds is 6. The Labute approximate surface area is 165 Å². The van der Waals surface area contributed by atoms with Crippen molar-refractivity contribution in [3.05, 3.63) is 101 Å². The second-order valence-corrected chi connectivity index (χ2v) is 6.80. The van der Waals surface area contributed by atoms with Gasteiger partial charge < -0.3 is 10.2 Å². The summed E-state index contributed by atoms with van der Waals surface area (Å²) in [6.45, 7) is 3.31. The molecule has 0 saturated heterocycles. The summed E-state index contributed by atoms with van der Waals surface area (Å²) in [5, 5.41) is 4.01. The van der Waals surface area contributed by atoms with Crippen molar-refractivity contribution >= 4 is 23.0 Å². The number of thiocarbonyl (C=S) groups is 1. The second kappa shape index (κ2) is 9.28. The van der Waals surface area contributed by atoms with E-state index in [2.05, 4.69) is 35.3 Å². The first-order chi connectivity index (χ1) is 13.2. The summed E-state index contributed by atoms with van der Waals surface area (Å²) in [7, 11) is 0. The van der Waals surface area contributed by atoms with Gasteiger partial charge in [-0.05, 0) is 53.5 Å². The Balaban J connectivity index is 1.82. The minimum absolute atomic E-state index is 0.234. The molecule has 27 heavy (non-hydrogen) atoms. The average molecular weight is 379 g/mol. The summed E-state index contributed by atoms with van der Waals surface area (Å²) >= 11 is 5.72. The molecule has 4 heteroatoms. The Morgan fingerprint density at radius 2 is 1.56 bits per heavy atom. The maximum absolute atomic E-state index is 13.6. The minimum Gasteiger partial charge on any atom is -0.340 e. The molecule has 0 unspecified atom stereocenters. The summed E-state index contributed by atoms with van der Waals surface area (Å²) in [6, 6.07) is 25.0. The van der Waals surface area contributed by atoms with E-state index in [4.69, 9.17) is 12.2 Å². The lowest BCUT2D eigenvalue weighted by Crippen LogP contribution is -2.34. The summed E-state index contributed by atoms with van der Waals surface area (Å²) in [4.78, 5) is 2.06. The molecule has 0 bridgehead atoms. The number of halogens is 1. The molecule has 0 heterocycles. The molecule has 0 amide bonds. The zero-order valence-corrected chi connectivity index (χ0v) is 16.2. The van der Waals surface area contributed by atoms with Crippen LogP contribution in [0.1, 0.15) is 23.6 Å². The SMILES string of the molecule is CCc1ccccc1NC(=S)N(Cc1ccccc1)Cc1cccc(F)c1. The fourth-order valence-corrected chi connectivity index (χ4v) is 3.24. The molecule has 0 radical (unpaired) electrons. The van der Waals surface area contributed by atoms with Gasteiger partial charge in [0, 0.05) is 18.8 Å². The number of hydrogen-bond donors (Lipinski definition) is 1. The zero-order valence-electron chi connectivity index (χ0n) is 15.4. The molecule has 3 rings (SSSR count). The van der Waals surface area contributed by atoms with Gasteiger partial charge in [-0.1, -0.05) is 67.6 Å². The highest BCUT2D eigenvalue weighted by Gasteiger charge is 2.13. The number of nitrogens with zero attached hydrogens (tertiary/aromatic N) is 1. The number of aryl methyl sites for hydroxylation is 1. The van der Waals surface area contributed by atoms with Gasteiger partial charge in [-0.15, -0.1) is 0 Å². The van der Waals surface area contributed by atoms with E-state index in [1.807, 2.05) is 42.5 Å². The monoisotopic (exact) mass is 378 g/mol. The van der Waals surface area contributed by atoms with Gasteiger partial charge in [0.15, 0.2) is 5.11 Å². The van der Waals surface area contributed by atoms with Crippen molar-refractivity contribution < 1.29 is 4.39 Å². The average Bonchev–Trinajstić information content (AvgIpc) is 2.69. The van der Waals surface area contributed by atoms with Crippen LogP contribution in [-0.2, 0) is 19.5 Å². The predicted molar refractivity (Wildman–Crippen MR) is 114 cm³/mol. The van der Waals surface area contributed by atoms with Gasteiger partial charge >= 0.3 is 0 Å². The number of nitrogens with one attached hydrogen (secondary N) is 1. The quantitative estimate of drug-likeness (QED) is 0.547. The van der Waals surface area contributed by atoms with Gasteiger partial charge in [0.25, 0.3) is 0 Å². The fourth-order valence-electron chi connectivity index (χ4n) is 3.00. The maximum atomic E-state index is 13.6. The number of para-hydroxylation sites is 1. The van der Waals surface area contributed by atoms with Crippen LogP contribution in [0.4, 0.5) is 10.1 Å². The largest absolute Gasteiger partial charge is 0.340 e. The van der Waals surface area contributed by atoms with Crippen LogP contribution in [0, 0.1) is 5.82 Å². The van der Waals surface area contributed by atoms with Crippen LogP contribution in [0.25, 0.3) is 0 Å². The van der Waals surface area contributed by atoms with Crippen LogP contribution in [0.5, 0.6) is 0 Å². The highest BCUT2D eigenvalue weighted by molar-refractivity contribution is 7.80.